The summed E-state index contributed by atoms with van der Waals surface area (Å²) in [4.78, 5) is 0. The van der Waals surface area contributed by atoms with Crippen LogP contribution in [0.25, 0.3) is 0 Å². The molecule has 0 N–H and O–H groups in total. The summed E-state index contributed by atoms with van der Waals surface area (Å²) in [7, 11) is 0. The van der Waals surface area contributed by atoms with E-state index in [0.717, 1.165) is 23.7 Å². The lowest BCUT2D eigenvalue weighted by Crippen LogP contribution is -2.18. The predicted octanol–water partition coefficient (Wildman–Crippen LogP) is 6.59. The highest BCUT2D eigenvalue weighted by atomic mass is 14.3. The van der Waals surface area contributed by atoms with Crippen LogP contribution in [-0.2, 0) is 0 Å². The van der Waals surface area contributed by atoms with Gasteiger partial charge in [-0.3, -0.25) is 0 Å². The molecule has 0 aromatic carbocycles. The van der Waals surface area contributed by atoms with Gasteiger partial charge in [0.2, 0.25) is 0 Å². The maximum Gasteiger partial charge on any atom is -0.0386 e. The van der Waals surface area contributed by atoms with Crippen molar-refractivity contribution >= 4 is 0 Å². The molecule has 0 amide bonds. The first-order chi connectivity index (χ1) is 9.25. The minimum atomic E-state index is 0.997. The highest BCUT2D eigenvalue weighted by Crippen LogP contribution is 2.36. The van der Waals surface area contributed by atoms with Gasteiger partial charge in [-0.1, -0.05) is 97.3 Å². The van der Waals surface area contributed by atoms with Crippen molar-refractivity contribution in [3.8, 4) is 0 Å². The van der Waals surface area contributed by atoms with Gasteiger partial charge in [0, 0.05) is 0 Å². The van der Waals surface area contributed by atoms with Crippen molar-refractivity contribution in [3.05, 3.63) is 0 Å². The molecule has 2 fully saturated rings. The average Bonchev–Trinajstić information content (AvgIpc) is 2.46. The Labute approximate surface area is 121 Å². The van der Waals surface area contributed by atoms with Gasteiger partial charge >= 0.3 is 0 Å². The lowest BCUT2D eigenvalue weighted by Gasteiger charge is -2.30. The molecule has 0 heteroatoms. The van der Waals surface area contributed by atoms with E-state index in [9.17, 15) is 0 Å². The standard InChI is InChI=1S/C19H36/c1-16-8-3-4-12-18(13-5-9-16)19-14-6-10-17(2)11-7-15-19/h16-19H,3-15H2,1-2H3. The lowest BCUT2D eigenvalue weighted by atomic mass is 9.76. The Hall–Kier alpha value is 0. The molecule has 0 spiro atoms. The van der Waals surface area contributed by atoms with Crippen LogP contribution in [-0.4, -0.2) is 0 Å². The van der Waals surface area contributed by atoms with Crippen molar-refractivity contribution in [2.45, 2.75) is 97.3 Å². The highest BCUT2D eigenvalue weighted by molar-refractivity contribution is 4.75. The summed E-state index contributed by atoms with van der Waals surface area (Å²) in [6, 6.07) is 0. The van der Waals surface area contributed by atoms with E-state index in [1.165, 1.54) is 57.8 Å². The van der Waals surface area contributed by atoms with E-state index in [2.05, 4.69) is 13.8 Å². The topological polar surface area (TPSA) is 0 Å². The van der Waals surface area contributed by atoms with Gasteiger partial charge in [0.25, 0.3) is 0 Å². The van der Waals surface area contributed by atoms with E-state index in [0.29, 0.717) is 0 Å². The van der Waals surface area contributed by atoms with Gasteiger partial charge in [-0.2, -0.15) is 0 Å². The Bertz CT molecular complexity index is 222. The smallest absolute Gasteiger partial charge is 0.0386 e. The minimum absolute atomic E-state index is 0.997. The number of rotatable bonds is 1. The first-order valence-corrected chi connectivity index (χ1v) is 9.25. The Morgan fingerprint density at radius 2 is 0.737 bits per heavy atom. The van der Waals surface area contributed by atoms with Gasteiger partial charge in [0.05, 0.1) is 0 Å². The molecule has 0 aromatic heterocycles. The zero-order valence-electron chi connectivity index (χ0n) is 13.5. The molecule has 2 aliphatic rings. The van der Waals surface area contributed by atoms with Crippen LogP contribution in [0, 0.1) is 23.7 Å². The second-order valence-corrected chi connectivity index (χ2v) is 7.81. The third-order valence-corrected chi connectivity index (χ3v) is 6.00. The number of hydrogen-bond acceptors (Lipinski definition) is 0. The molecule has 0 saturated heterocycles. The van der Waals surface area contributed by atoms with Crippen LogP contribution in [0.1, 0.15) is 97.3 Å². The molecule has 0 aliphatic heterocycles. The molecular formula is C19H36. The minimum Gasteiger partial charge on any atom is -0.0625 e. The van der Waals surface area contributed by atoms with E-state index in [1.54, 1.807) is 25.7 Å². The molecule has 0 aromatic rings. The van der Waals surface area contributed by atoms with E-state index in [4.69, 9.17) is 0 Å². The molecule has 2 atom stereocenters. The van der Waals surface area contributed by atoms with E-state index < -0.39 is 0 Å². The van der Waals surface area contributed by atoms with Crippen LogP contribution in [0.15, 0.2) is 0 Å². The first-order valence-electron chi connectivity index (χ1n) is 9.25. The molecule has 0 radical (unpaired) electrons. The van der Waals surface area contributed by atoms with Crippen molar-refractivity contribution in [3.63, 3.8) is 0 Å². The van der Waals surface area contributed by atoms with Crippen LogP contribution >= 0.6 is 0 Å². The quantitative estimate of drug-likeness (QED) is 0.501. The molecule has 0 nitrogen and oxygen atoms in total. The average molecular weight is 264 g/mol. The second-order valence-electron chi connectivity index (χ2n) is 7.81. The van der Waals surface area contributed by atoms with Crippen molar-refractivity contribution in [2.75, 3.05) is 0 Å². The molecule has 2 unspecified atom stereocenters. The van der Waals surface area contributed by atoms with Gasteiger partial charge in [0.15, 0.2) is 0 Å². The fraction of sp³-hybridized carbons (Fsp3) is 1.00. The zero-order chi connectivity index (χ0) is 13.5. The van der Waals surface area contributed by atoms with Gasteiger partial charge in [-0.05, 0) is 23.7 Å². The van der Waals surface area contributed by atoms with Crippen LogP contribution in [0.2, 0.25) is 0 Å². The van der Waals surface area contributed by atoms with Crippen molar-refractivity contribution in [1.82, 2.24) is 0 Å². The number of hydrogen-bond donors (Lipinski definition) is 0. The molecule has 0 bridgehead atoms. The first kappa shape index (κ1) is 15.4. The van der Waals surface area contributed by atoms with Gasteiger partial charge in [0.1, 0.15) is 0 Å². The molecule has 112 valence electrons. The Morgan fingerprint density at radius 1 is 0.421 bits per heavy atom. The summed E-state index contributed by atoms with van der Waals surface area (Å²) < 4.78 is 0. The van der Waals surface area contributed by atoms with Crippen LogP contribution in [0.4, 0.5) is 0 Å². The van der Waals surface area contributed by atoms with Gasteiger partial charge in [-0.25, -0.2) is 0 Å². The third kappa shape index (κ3) is 5.48. The molecule has 0 heterocycles. The molecule has 19 heavy (non-hydrogen) atoms. The van der Waals surface area contributed by atoms with E-state index in [1.807, 2.05) is 0 Å². The Balaban J connectivity index is 1.83. The summed E-state index contributed by atoms with van der Waals surface area (Å²) >= 11 is 0. The maximum atomic E-state index is 2.47. The van der Waals surface area contributed by atoms with E-state index >= 15 is 0 Å². The normalized spacial score (nSPS) is 39.5. The summed E-state index contributed by atoms with van der Waals surface area (Å²) in [5.74, 6) is 4.17. The molecule has 2 saturated carbocycles. The molecular weight excluding hydrogens is 228 g/mol. The Morgan fingerprint density at radius 3 is 1.21 bits per heavy atom. The van der Waals surface area contributed by atoms with E-state index in [-0.39, 0.29) is 0 Å². The zero-order valence-corrected chi connectivity index (χ0v) is 13.5. The lowest BCUT2D eigenvalue weighted by molar-refractivity contribution is 0.219. The predicted molar refractivity (Wildman–Crippen MR) is 85.3 cm³/mol. The van der Waals surface area contributed by atoms with Gasteiger partial charge < -0.3 is 0 Å². The summed E-state index contributed by atoms with van der Waals surface area (Å²) in [6.45, 7) is 4.93. The third-order valence-electron chi connectivity index (χ3n) is 6.00. The van der Waals surface area contributed by atoms with Crippen LogP contribution in [0.5, 0.6) is 0 Å². The van der Waals surface area contributed by atoms with Crippen molar-refractivity contribution < 1.29 is 0 Å². The largest absolute Gasteiger partial charge is 0.0625 e. The van der Waals surface area contributed by atoms with Crippen molar-refractivity contribution in [2.24, 2.45) is 23.7 Å². The molecule has 2 aliphatic carbocycles. The van der Waals surface area contributed by atoms with Gasteiger partial charge in [-0.15, -0.1) is 0 Å². The summed E-state index contributed by atoms with van der Waals surface area (Å²) in [5, 5.41) is 0. The van der Waals surface area contributed by atoms with Crippen molar-refractivity contribution in [1.29, 1.82) is 0 Å². The Kier molecular flexibility index (Phi) is 6.74. The monoisotopic (exact) mass is 264 g/mol. The highest BCUT2D eigenvalue weighted by Gasteiger charge is 2.23. The fourth-order valence-corrected chi connectivity index (χ4v) is 4.60. The maximum absolute atomic E-state index is 2.47. The van der Waals surface area contributed by atoms with Crippen LogP contribution in [0.3, 0.4) is 0 Å². The summed E-state index contributed by atoms with van der Waals surface area (Å²) in [6.07, 6.45) is 19.7. The SMILES string of the molecule is CC1CCCCC(C2CCCC(C)CCC2)CCC1. The second kappa shape index (κ2) is 8.32. The molecule has 2 rings (SSSR count). The van der Waals surface area contributed by atoms with Crippen LogP contribution < -0.4 is 0 Å². The summed E-state index contributed by atoms with van der Waals surface area (Å²) in [5.41, 5.74) is 0. The fourth-order valence-electron chi connectivity index (χ4n) is 4.60.